The molecule has 0 atom stereocenters. The van der Waals surface area contributed by atoms with Gasteiger partial charge >= 0.3 is 0 Å². The van der Waals surface area contributed by atoms with E-state index in [1.807, 2.05) is 60.8 Å². The number of aliphatic hydroxyl groups excluding tert-OH is 1. The number of rotatable bonds is 6. The monoisotopic (exact) mass is 308 g/mol. The lowest BCUT2D eigenvalue weighted by Gasteiger charge is -2.22. The fraction of sp³-hybridized carbons (Fsp3) is 0.211. The molecular formula is C19H20N2O2. The maximum atomic E-state index is 12.6. The zero-order valence-electron chi connectivity index (χ0n) is 12.9. The summed E-state index contributed by atoms with van der Waals surface area (Å²) in [5, 5.41) is 10.4. The second kappa shape index (κ2) is 7.11. The largest absolute Gasteiger partial charge is 0.395 e. The standard InChI is InChI=1S/C19H20N2O2/c22-11-10-21(14-15-4-2-1-3-5-15)19(23)13-16-6-7-17-8-9-20-18(17)12-16/h1-9,12,20,22H,10-11,13-14H2. The van der Waals surface area contributed by atoms with Crippen LogP contribution in [0.3, 0.4) is 0 Å². The minimum atomic E-state index is -0.0335. The zero-order chi connectivity index (χ0) is 16.1. The molecule has 0 aliphatic carbocycles. The van der Waals surface area contributed by atoms with Crippen molar-refractivity contribution in [2.45, 2.75) is 13.0 Å². The Morgan fingerprint density at radius 2 is 1.87 bits per heavy atom. The Balaban J connectivity index is 1.72. The van der Waals surface area contributed by atoms with Crippen LogP contribution >= 0.6 is 0 Å². The van der Waals surface area contributed by atoms with Crippen LogP contribution in [-0.4, -0.2) is 34.0 Å². The van der Waals surface area contributed by atoms with Gasteiger partial charge in [-0.2, -0.15) is 0 Å². The van der Waals surface area contributed by atoms with Gasteiger partial charge in [-0.25, -0.2) is 0 Å². The number of aliphatic hydroxyl groups is 1. The van der Waals surface area contributed by atoms with Gasteiger partial charge in [0.25, 0.3) is 0 Å². The summed E-state index contributed by atoms with van der Waals surface area (Å²) in [7, 11) is 0. The first-order valence-corrected chi connectivity index (χ1v) is 7.75. The molecule has 0 fully saturated rings. The third kappa shape index (κ3) is 3.79. The molecule has 1 heterocycles. The van der Waals surface area contributed by atoms with Gasteiger partial charge in [0.15, 0.2) is 0 Å². The van der Waals surface area contributed by atoms with E-state index in [9.17, 15) is 9.90 Å². The molecule has 0 aliphatic heterocycles. The minimum Gasteiger partial charge on any atom is -0.395 e. The van der Waals surface area contributed by atoms with E-state index in [1.165, 1.54) is 0 Å². The van der Waals surface area contributed by atoms with Crippen molar-refractivity contribution in [3.63, 3.8) is 0 Å². The van der Waals surface area contributed by atoms with Crippen LogP contribution in [0.4, 0.5) is 0 Å². The molecule has 0 spiro atoms. The smallest absolute Gasteiger partial charge is 0.227 e. The van der Waals surface area contributed by atoms with E-state index in [2.05, 4.69) is 4.98 Å². The minimum absolute atomic E-state index is 0.0220. The predicted octanol–water partition coefficient (Wildman–Crippen LogP) is 2.73. The number of nitrogens with one attached hydrogen (secondary N) is 1. The molecule has 0 unspecified atom stereocenters. The summed E-state index contributed by atoms with van der Waals surface area (Å²) in [6.45, 7) is 0.831. The van der Waals surface area contributed by atoms with Gasteiger partial charge in [-0.05, 0) is 28.6 Å². The van der Waals surface area contributed by atoms with Crippen LogP contribution in [0.15, 0.2) is 60.8 Å². The second-order valence-corrected chi connectivity index (χ2v) is 5.60. The maximum Gasteiger partial charge on any atom is 0.227 e. The van der Waals surface area contributed by atoms with Crippen molar-refractivity contribution < 1.29 is 9.90 Å². The van der Waals surface area contributed by atoms with Gasteiger partial charge in [-0.1, -0.05) is 42.5 Å². The van der Waals surface area contributed by atoms with E-state index in [-0.39, 0.29) is 12.5 Å². The number of aromatic nitrogens is 1. The number of hydrogen-bond acceptors (Lipinski definition) is 2. The van der Waals surface area contributed by atoms with E-state index in [1.54, 1.807) is 4.90 Å². The van der Waals surface area contributed by atoms with Crippen molar-refractivity contribution in [2.75, 3.05) is 13.2 Å². The van der Waals surface area contributed by atoms with Crippen LogP contribution in [0.5, 0.6) is 0 Å². The van der Waals surface area contributed by atoms with Crippen LogP contribution in [0.2, 0.25) is 0 Å². The van der Waals surface area contributed by atoms with Crippen molar-refractivity contribution in [2.24, 2.45) is 0 Å². The predicted molar refractivity (Wildman–Crippen MR) is 90.9 cm³/mol. The summed E-state index contributed by atoms with van der Waals surface area (Å²) in [6.07, 6.45) is 2.23. The number of fused-ring (bicyclic) bond motifs is 1. The molecule has 23 heavy (non-hydrogen) atoms. The summed E-state index contributed by atoms with van der Waals surface area (Å²) < 4.78 is 0. The lowest BCUT2D eigenvalue weighted by atomic mass is 10.1. The van der Waals surface area contributed by atoms with Gasteiger partial charge < -0.3 is 15.0 Å². The average molecular weight is 308 g/mol. The Morgan fingerprint density at radius 3 is 2.65 bits per heavy atom. The molecule has 0 saturated heterocycles. The number of carbonyl (C=O) groups excluding carboxylic acids is 1. The van der Waals surface area contributed by atoms with Gasteiger partial charge in [-0.3, -0.25) is 4.79 Å². The lowest BCUT2D eigenvalue weighted by molar-refractivity contribution is -0.131. The zero-order valence-corrected chi connectivity index (χ0v) is 12.9. The molecule has 0 bridgehead atoms. The molecule has 0 radical (unpaired) electrons. The van der Waals surface area contributed by atoms with E-state index in [4.69, 9.17) is 0 Å². The highest BCUT2D eigenvalue weighted by atomic mass is 16.3. The third-order valence-corrected chi connectivity index (χ3v) is 3.91. The summed E-state index contributed by atoms with van der Waals surface area (Å²) in [5.74, 6) is 0.0220. The fourth-order valence-electron chi connectivity index (χ4n) is 2.71. The SMILES string of the molecule is O=C(Cc1ccc2cc[nH]c2c1)N(CCO)Cc1ccccc1. The molecule has 4 nitrogen and oxygen atoms in total. The average Bonchev–Trinajstić information content (AvgIpc) is 3.03. The highest BCUT2D eigenvalue weighted by molar-refractivity contribution is 5.83. The first-order chi connectivity index (χ1) is 11.3. The molecule has 3 rings (SSSR count). The number of benzene rings is 2. The molecule has 1 amide bonds. The fourth-order valence-corrected chi connectivity index (χ4v) is 2.71. The highest BCUT2D eigenvalue weighted by Gasteiger charge is 2.14. The van der Waals surface area contributed by atoms with Gasteiger partial charge in [0.1, 0.15) is 0 Å². The van der Waals surface area contributed by atoms with Crippen LogP contribution in [0, 0.1) is 0 Å². The summed E-state index contributed by atoms with van der Waals surface area (Å²) in [4.78, 5) is 17.5. The molecule has 3 aromatic rings. The molecule has 118 valence electrons. The van der Waals surface area contributed by atoms with Crippen LogP contribution < -0.4 is 0 Å². The Labute approximate surface area is 135 Å². The van der Waals surface area contributed by atoms with E-state index in [0.717, 1.165) is 22.0 Å². The Kier molecular flexibility index (Phi) is 4.74. The maximum absolute atomic E-state index is 12.6. The summed E-state index contributed by atoms with van der Waals surface area (Å²) in [6, 6.07) is 17.8. The van der Waals surface area contributed by atoms with Gasteiger partial charge in [0.2, 0.25) is 5.91 Å². The summed E-state index contributed by atoms with van der Waals surface area (Å²) in [5.41, 5.74) is 3.07. The topological polar surface area (TPSA) is 56.3 Å². The number of H-pyrrole nitrogens is 1. The van der Waals surface area contributed by atoms with Crippen molar-refractivity contribution in [1.82, 2.24) is 9.88 Å². The Bertz CT molecular complexity index is 780. The Hall–Kier alpha value is -2.59. The van der Waals surface area contributed by atoms with Crippen LogP contribution in [0.25, 0.3) is 10.9 Å². The van der Waals surface area contributed by atoms with Gasteiger partial charge in [0.05, 0.1) is 13.0 Å². The second-order valence-electron chi connectivity index (χ2n) is 5.60. The highest BCUT2D eigenvalue weighted by Crippen LogP contribution is 2.15. The Morgan fingerprint density at radius 1 is 1.04 bits per heavy atom. The molecule has 0 saturated carbocycles. The molecule has 2 N–H and O–H groups in total. The quantitative estimate of drug-likeness (QED) is 0.735. The van der Waals surface area contributed by atoms with E-state index < -0.39 is 0 Å². The number of carbonyl (C=O) groups is 1. The van der Waals surface area contributed by atoms with Gasteiger partial charge in [-0.15, -0.1) is 0 Å². The van der Waals surface area contributed by atoms with Crippen LogP contribution in [0.1, 0.15) is 11.1 Å². The number of hydrogen-bond donors (Lipinski definition) is 2. The molecule has 2 aromatic carbocycles. The molecular weight excluding hydrogens is 288 g/mol. The number of amides is 1. The van der Waals surface area contributed by atoms with Crippen molar-refractivity contribution in [3.8, 4) is 0 Å². The van der Waals surface area contributed by atoms with E-state index >= 15 is 0 Å². The summed E-state index contributed by atoms with van der Waals surface area (Å²) >= 11 is 0. The first-order valence-electron chi connectivity index (χ1n) is 7.75. The molecule has 1 aromatic heterocycles. The third-order valence-electron chi connectivity index (χ3n) is 3.91. The molecule has 0 aliphatic rings. The number of aromatic amines is 1. The van der Waals surface area contributed by atoms with Crippen LogP contribution in [-0.2, 0) is 17.8 Å². The van der Waals surface area contributed by atoms with Crippen molar-refractivity contribution in [3.05, 3.63) is 71.9 Å². The van der Waals surface area contributed by atoms with Crippen molar-refractivity contribution in [1.29, 1.82) is 0 Å². The normalized spacial score (nSPS) is 10.8. The van der Waals surface area contributed by atoms with E-state index in [0.29, 0.717) is 19.5 Å². The number of nitrogens with zero attached hydrogens (tertiary/aromatic N) is 1. The van der Waals surface area contributed by atoms with Crippen molar-refractivity contribution >= 4 is 16.8 Å². The molecule has 4 heteroatoms. The van der Waals surface area contributed by atoms with Gasteiger partial charge in [0, 0.05) is 24.8 Å². The lowest BCUT2D eigenvalue weighted by Crippen LogP contribution is -2.34. The first kappa shape index (κ1) is 15.3.